The number of amides is 1. The Hall–Kier alpha value is -1.15. The largest absolute Gasteiger partial charge is 0.480 e. The van der Waals surface area contributed by atoms with Crippen LogP contribution in [-0.4, -0.2) is 68.5 Å². The summed E-state index contributed by atoms with van der Waals surface area (Å²) in [6, 6.07) is -1.39. The summed E-state index contributed by atoms with van der Waals surface area (Å²) in [6.07, 6.45) is 0. The second-order valence-corrected chi connectivity index (χ2v) is 6.24. The maximum absolute atomic E-state index is 11.6. The van der Waals surface area contributed by atoms with Crippen LogP contribution in [0.2, 0.25) is 0 Å². The highest BCUT2D eigenvalue weighted by Gasteiger charge is 2.25. The zero-order chi connectivity index (χ0) is 13.6. The van der Waals surface area contributed by atoms with Gasteiger partial charge in [-0.1, -0.05) is 0 Å². The molecule has 0 radical (unpaired) electrons. The highest BCUT2D eigenvalue weighted by molar-refractivity contribution is 7.91. The molecule has 0 aliphatic heterocycles. The number of carbonyl (C=O) groups excluding carboxylic acids is 1. The van der Waals surface area contributed by atoms with E-state index < -0.39 is 33.5 Å². The van der Waals surface area contributed by atoms with Gasteiger partial charge in [0, 0.05) is 13.5 Å². The third-order valence-electron chi connectivity index (χ3n) is 1.95. The number of carboxylic acid groups (broad SMARTS) is 1. The Kier molecular flexibility index (Phi) is 6.11. The first-order valence-electron chi connectivity index (χ1n) is 4.99. The van der Waals surface area contributed by atoms with Crippen LogP contribution in [0.5, 0.6) is 0 Å². The molecule has 0 aromatic carbocycles. The molecule has 1 unspecified atom stereocenters. The first-order chi connectivity index (χ1) is 7.64. The number of hydrogen-bond acceptors (Lipinski definition) is 5. The van der Waals surface area contributed by atoms with Gasteiger partial charge in [0.2, 0.25) is 5.91 Å². The van der Waals surface area contributed by atoms with Crippen molar-refractivity contribution in [2.45, 2.75) is 13.0 Å². The molecule has 0 aliphatic rings. The molecule has 2 N–H and O–H groups in total. The molecule has 1 amide bonds. The molecule has 100 valence electrons. The van der Waals surface area contributed by atoms with Crippen LogP contribution < -0.4 is 5.32 Å². The van der Waals surface area contributed by atoms with Gasteiger partial charge in [0.15, 0.2) is 9.84 Å². The van der Waals surface area contributed by atoms with Crippen molar-refractivity contribution in [1.29, 1.82) is 0 Å². The van der Waals surface area contributed by atoms with E-state index in [2.05, 4.69) is 5.32 Å². The highest BCUT2D eigenvalue weighted by atomic mass is 32.2. The number of rotatable bonds is 7. The van der Waals surface area contributed by atoms with E-state index in [1.54, 1.807) is 19.0 Å². The van der Waals surface area contributed by atoms with Crippen molar-refractivity contribution >= 4 is 21.7 Å². The minimum Gasteiger partial charge on any atom is -0.480 e. The predicted molar refractivity (Wildman–Crippen MR) is 62.4 cm³/mol. The lowest BCUT2D eigenvalue weighted by molar-refractivity contribution is -0.140. The molecule has 0 heterocycles. The van der Waals surface area contributed by atoms with Crippen molar-refractivity contribution in [3.63, 3.8) is 0 Å². The number of hydrogen-bond donors (Lipinski definition) is 2. The Balaban J connectivity index is 4.53. The number of aliphatic carboxylic acids is 1. The van der Waals surface area contributed by atoms with Gasteiger partial charge < -0.3 is 15.3 Å². The molecule has 0 saturated heterocycles. The van der Waals surface area contributed by atoms with Crippen molar-refractivity contribution in [3.8, 4) is 0 Å². The molecular formula is C9H18N2O5S. The molecule has 0 aromatic rings. The van der Waals surface area contributed by atoms with Crippen LogP contribution in [0.1, 0.15) is 6.92 Å². The third kappa shape index (κ3) is 7.70. The summed E-state index contributed by atoms with van der Waals surface area (Å²) >= 11 is 0. The molecule has 17 heavy (non-hydrogen) atoms. The summed E-state index contributed by atoms with van der Waals surface area (Å²) in [5.41, 5.74) is 0. The number of nitrogens with zero attached hydrogens (tertiary/aromatic N) is 1. The molecule has 0 spiro atoms. The van der Waals surface area contributed by atoms with Crippen molar-refractivity contribution in [2.24, 2.45) is 0 Å². The van der Waals surface area contributed by atoms with E-state index in [1.807, 2.05) is 0 Å². The maximum atomic E-state index is 11.6. The summed E-state index contributed by atoms with van der Waals surface area (Å²) in [6.45, 7) is 1.46. The average molecular weight is 266 g/mol. The van der Waals surface area contributed by atoms with Crippen LogP contribution in [0.15, 0.2) is 0 Å². The van der Waals surface area contributed by atoms with E-state index in [9.17, 15) is 18.0 Å². The van der Waals surface area contributed by atoms with Crippen molar-refractivity contribution < 1.29 is 23.1 Å². The van der Waals surface area contributed by atoms with E-state index in [4.69, 9.17) is 5.11 Å². The predicted octanol–water partition coefficient (Wildman–Crippen LogP) is -1.45. The fourth-order valence-electron chi connectivity index (χ4n) is 1.08. The van der Waals surface area contributed by atoms with Gasteiger partial charge in [0.25, 0.3) is 0 Å². The van der Waals surface area contributed by atoms with Gasteiger partial charge in [0.05, 0.1) is 11.5 Å². The Morgan fingerprint density at radius 2 is 1.88 bits per heavy atom. The van der Waals surface area contributed by atoms with E-state index in [-0.39, 0.29) is 5.75 Å². The molecule has 0 fully saturated rings. The summed E-state index contributed by atoms with van der Waals surface area (Å²) in [7, 11) is -0.0632. The number of carbonyl (C=O) groups is 2. The zero-order valence-corrected chi connectivity index (χ0v) is 11.0. The summed E-state index contributed by atoms with van der Waals surface area (Å²) in [5.74, 6) is -2.65. The Labute approximate surface area is 101 Å². The molecule has 0 aliphatic carbocycles. The monoisotopic (exact) mass is 266 g/mol. The smallest absolute Gasteiger partial charge is 0.327 e. The van der Waals surface area contributed by atoms with Crippen LogP contribution >= 0.6 is 0 Å². The van der Waals surface area contributed by atoms with Gasteiger partial charge in [-0.25, -0.2) is 13.2 Å². The molecule has 0 bridgehead atoms. The number of nitrogens with one attached hydrogen (secondary N) is 1. The van der Waals surface area contributed by atoms with Gasteiger partial charge in [-0.15, -0.1) is 0 Å². The lowest BCUT2D eigenvalue weighted by Crippen LogP contribution is -2.45. The Bertz CT molecular complexity index is 377. The minimum atomic E-state index is -3.50. The average Bonchev–Trinajstić information content (AvgIpc) is 2.12. The normalized spacial score (nSPS) is 13.4. The van der Waals surface area contributed by atoms with Crippen LogP contribution in [0.3, 0.4) is 0 Å². The van der Waals surface area contributed by atoms with Crippen LogP contribution in [0.25, 0.3) is 0 Å². The van der Waals surface area contributed by atoms with E-state index >= 15 is 0 Å². The molecule has 0 aromatic heterocycles. The number of sulfone groups is 1. The van der Waals surface area contributed by atoms with Crippen LogP contribution in [0.4, 0.5) is 0 Å². The minimum absolute atomic E-state index is 0.136. The van der Waals surface area contributed by atoms with Crippen molar-refractivity contribution in [2.75, 3.05) is 32.1 Å². The van der Waals surface area contributed by atoms with E-state index in [1.165, 1.54) is 0 Å². The van der Waals surface area contributed by atoms with Gasteiger partial charge in [0.1, 0.15) is 6.04 Å². The fourth-order valence-corrected chi connectivity index (χ4v) is 2.62. The first kappa shape index (κ1) is 15.9. The molecule has 0 saturated carbocycles. The Morgan fingerprint density at radius 1 is 1.35 bits per heavy atom. The highest BCUT2D eigenvalue weighted by Crippen LogP contribution is 1.97. The van der Waals surface area contributed by atoms with Gasteiger partial charge >= 0.3 is 5.97 Å². The van der Waals surface area contributed by atoms with Gasteiger partial charge in [-0.3, -0.25) is 4.79 Å². The second-order valence-electron chi connectivity index (χ2n) is 4.01. The van der Waals surface area contributed by atoms with Crippen molar-refractivity contribution in [1.82, 2.24) is 10.2 Å². The van der Waals surface area contributed by atoms with E-state index in [0.717, 1.165) is 6.92 Å². The number of carboxylic acids is 1. The summed E-state index contributed by atoms with van der Waals surface area (Å²) in [5, 5.41) is 10.9. The quantitative estimate of drug-likeness (QED) is 0.584. The van der Waals surface area contributed by atoms with Crippen LogP contribution in [-0.2, 0) is 19.4 Å². The summed E-state index contributed by atoms with van der Waals surface area (Å²) in [4.78, 5) is 23.2. The lowest BCUT2D eigenvalue weighted by atomic mass is 10.3. The Morgan fingerprint density at radius 3 is 2.24 bits per heavy atom. The summed E-state index contributed by atoms with van der Waals surface area (Å²) < 4.78 is 23.2. The third-order valence-corrected chi connectivity index (χ3v) is 3.59. The van der Waals surface area contributed by atoms with Crippen LogP contribution in [0, 0.1) is 0 Å². The molecule has 1 atom stereocenters. The van der Waals surface area contributed by atoms with Crippen molar-refractivity contribution in [3.05, 3.63) is 0 Å². The van der Waals surface area contributed by atoms with E-state index in [0.29, 0.717) is 6.54 Å². The topological polar surface area (TPSA) is 104 Å². The molecule has 8 heteroatoms. The fraction of sp³-hybridized carbons (Fsp3) is 0.778. The second kappa shape index (κ2) is 6.55. The maximum Gasteiger partial charge on any atom is 0.327 e. The van der Waals surface area contributed by atoms with Gasteiger partial charge in [-0.05, 0) is 14.1 Å². The zero-order valence-electron chi connectivity index (χ0n) is 10.1. The first-order valence-corrected chi connectivity index (χ1v) is 6.81. The molecule has 0 rings (SSSR count). The van der Waals surface area contributed by atoms with Gasteiger partial charge in [-0.2, -0.15) is 0 Å². The lowest BCUT2D eigenvalue weighted by Gasteiger charge is -2.15. The molecular weight excluding hydrogens is 248 g/mol. The standard InChI is InChI=1S/C9H18N2O5S/c1-7(12)10-8(9(13)14)6-17(15,16)5-4-11(2)3/h8H,4-6H2,1-3H3,(H,10,12)(H,13,14). The molecule has 7 nitrogen and oxygen atoms in total. The SMILES string of the molecule is CC(=O)NC(CS(=O)(=O)CCN(C)C)C(=O)O.